The molecule has 19 heavy (non-hydrogen) atoms. The molecule has 0 saturated heterocycles. The molecule has 3 rings (SSSR count). The molecule has 1 N–H and O–H groups in total. The van der Waals surface area contributed by atoms with E-state index in [9.17, 15) is 0 Å². The fourth-order valence-electron chi connectivity index (χ4n) is 2.01. The van der Waals surface area contributed by atoms with Gasteiger partial charge in [0.15, 0.2) is 0 Å². The summed E-state index contributed by atoms with van der Waals surface area (Å²) in [6.07, 6.45) is 2.51. The lowest BCUT2D eigenvalue weighted by molar-refractivity contribution is 0.865. The molecule has 1 aromatic carbocycles. The molecule has 1 aliphatic carbocycles. The second-order valence-electron chi connectivity index (χ2n) is 5.48. The number of benzene rings is 1. The molecular formula is C15H19N3S. The first-order chi connectivity index (χ1) is 9.22. The topological polar surface area (TPSA) is 37.8 Å². The number of rotatable bonds is 5. The summed E-state index contributed by atoms with van der Waals surface area (Å²) in [5, 5.41) is 4.30. The van der Waals surface area contributed by atoms with Crippen LogP contribution in [0, 0.1) is 0 Å². The molecule has 0 radical (unpaired) electrons. The monoisotopic (exact) mass is 273 g/mol. The second-order valence-corrected chi connectivity index (χ2v) is 6.23. The van der Waals surface area contributed by atoms with Gasteiger partial charge in [-0.1, -0.05) is 38.1 Å². The summed E-state index contributed by atoms with van der Waals surface area (Å²) in [6, 6.07) is 8.78. The largest absolute Gasteiger partial charge is 0.356 e. The highest BCUT2D eigenvalue weighted by Gasteiger charge is 2.27. The molecular weight excluding hydrogens is 254 g/mol. The van der Waals surface area contributed by atoms with Gasteiger partial charge >= 0.3 is 0 Å². The summed E-state index contributed by atoms with van der Waals surface area (Å²) in [5.41, 5.74) is 2.67. The van der Waals surface area contributed by atoms with Crippen molar-refractivity contribution >= 4 is 16.7 Å². The Morgan fingerprint density at radius 2 is 2.00 bits per heavy atom. The van der Waals surface area contributed by atoms with Crippen molar-refractivity contribution in [3.63, 3.8) is 0 Å². The van der Waals surface area contributed by atoms with E-state index in [0.29, 0.717) is 11.8 Å². The van der Waals surface area contributed by atoms with Crippen molar-refractivity contribution < 1.29 is 0 Å². The number of nitrogens with zero attached hydrogens (tertiary/aromatic N) is 2. The van der Waals surface area contributed by atoms with Crippen molar-refractivity contribution in [2.75, 3.05) is 5.32 Å². The lowest BCUT2D eigenvalue weighted by Crippen LogP contribution is -1.99. The number of hydrogen-bond donors (Lipinski definition) is 1. The van der Waals surface area contributed by atoms with Gasteiger partial charge in [-0.05, 0) is 29.9 Å². The quantitative estimate of drug-likeness (QED) is 0.889. The zero-order chi connectivity index (χ0) is 13.2. The molecule has 1 aliphatic rings. The van der Waals surface area contributed by atoms with Crippen molar-refractivity contribution in [1.82, 2.24) is 9.36 Å². The van der Waals surface area contributed by atoms with Crippen LogP contribution < -0.4 is 5.32 Å². The summed E-state index contributed by atoms with van der Waals surface area (Å²) >= 11 is 1.47. The Labute approximate surface area is 118 Å². The summed E-state index contributed by atoms with van der Waals surface area (Å²) in [7, 11) is 0. The predicted molar refractivity (Wildman–Crippen MR) is 79.7 cm³/mol. The number of anilines is 1. The first-order valence-corrected chi connectivity index (χ1v) is 7.66. The minimum Gasteiger partial charge on any atom is -0.356 e. The predicted octanol–water partition coefficient (Wildman–Crippen LogP) is 4.15. The molecule has 3 nitrogen and oxygen atoms in total. The third-order valence-corrected chi connectivity index (χ3v) is 4.16. The van der Waals surface area contributed by atoms with Crippen LogP contribution in [0.25, 0.3) is 0 Å². The van der Waals surface area contributed by atoms with Crippen LogP contribution in [-0.2, 0) is 6.54 Å². The molecule has 0 bridgehead atoms. The molecule has 1 heterocycles. The highest BCUT2D eigenvalue weighted by Crippen LogP contribution is 2.39. The maximum atomic E-state index is 4.53. The van der Waals surface area contributed by atoms with Gasteiger partial charge in [-0.15, -0.1) is 0 Å². The van der Waals surface area contributed by atoms with Crippen LogP contribution in [0.15, 0.2) is 24.3 Å². The van der Waals surface area contributed by atoms with E-state index in [4.69, 9.17) is 0 Å². The van der Waals surface area contributed by atoms with E-state index >= 15 is 0 Å². The number of aromatic nitrogens is 2. The SMILES string of the molecule is CC(C)c1ccc(CNc2nc(C3CC3)ns2)cc1. The minimum absolute atomic E-state index is 0.589. The fourth-order valence-corrected chi connectivity index (χ4v) is 2.65. The molecule has 0 aliphatic heterocycles. The maximum absolute atomic E-state index is 4.53. The number of hydrogen-bond acceptors (Lipinski definition) is 4. The molecule has 0 atom stereocenters. The highest BCUT2D eigenvalue weighted by atomic mass is 32.1. The van der Waals surface area contributed by atoms with Crippen molar-refractivity contribution in [3.05, 3.63) is 41.2 Å². The lowest BCUT2D eigenvalue weighted by Gasteiger charge is -2.07. The van der Waals surface area contributed by atoms with Gasteiger partial charge in [0, 0.05) is 24.0 Å². The molecule has 0 spiro atoms. The maximum Gasteiger partial charge on any atom is 0.202 e. The van der Waals surface area contributed by atoms with E-state index in [-0.39, 0.29) is 0 Å². The summed E-state index contributed by atoms with van der Waals surface area (Å²) in [6.45, 7) is 5.25. The van der Waals surface area contributed by atoms with Gasteiger partial charge in [-0.2, -0.15) is 4.37 Å². The molecule has 1 aromatic heterocycles. The van der Waals surface area contributed by atoms with Crippen molar-refractivity contribution in [3.8, 4) is 0 Å². The lowest BCUT2D eigenvalue weighted by atomic mass is 10.0. The average molecular weight is 273 g/mol. The van der Waals surface area contributed by atoms with Gasteiger partial charge in [0.25, 0.3) is 0 Å². The summed E-state index contributed by atoms with van der Waals surface area (Å²) in [4.78, 5) is 4.53. The van der Waals surface area contributed by atoms with Gasteiger partial charge < -0.3 is 5.32 Å². The third kappa shape index (κ3) is 3.13. The molecule has 100 valence electrons. The Morgan fingerprint density at radius 3 is 2.63 bits per heavy atom. The first-order valence-electron chi connectivity index (χ1n) is 6.88. The standard InChI is InChI=1S/C15H19N3S/c1-10(2)12-5-3-11(4-6-12)9-16-15-17-14(18-19-15)13-7-8-13/h3-6,10,13H,7-9H2,1-2H3,(H,16,17,18). The smallest absolute Gasteiger partial charge is 0.202 e. The van der Waals surface area contributed by atoms with Gasteiger partial charge in [-0.3, -0.25) is 0 Å². The molecule has 0 amide bonds. The van der Waals surface area contributed by atoms with Crippen LogP contribution in [-0.4, -0.2) is 9.36 Å². The molecule has 0 unspecified atom stereocenters. The van der Waals surface area contributed by atoms with Crippen LogP contribution in [0.5, 0.6) is 0 Å². The molecule has 2 aromatic rings. The summed E-state index contributed by atoms with van der Waals surface area (Å²) < 4.78 is 4.40. The normalized spacial score (nSPS) is 14.9. The second kappa shape index (κ2) is 5.29. The molecule has 1 fully saturated rings. The Hall–Kier alpha value is -1.42. The fraction of sp³-hybridized carbons (Fsp3) is 0.467. The van der Waals surface area contributed by atoms with E-state index < -0.39 is 0 Å². The van der Waals surface area contributed by atoms with Crippen molar-refractivity contribution in [2.24, 2.45) is 0 Å². The van der Waals surface area contributed by atoms with Crippen LogP contribution in [0.4, 0.5) is 5.13 Å². The van der Waals surface area contributed by atoms with Gasteiger partial charge in [0.2, 0.25) is 5.13 Å². The van der Waals surface area contributed by atoms with Crippen molar-refractivity contribution in [2.45, 2.75) is 45.1 Å². The minimum atomic E-state index is 0.589. The Morgan fingerprint density at radius 1 is 1.26 bits per heavy atom. The Kier molecular flexibility index (Phi) is 3.51. The number of nitrogens with one attached hydrogen (secondary N) is 1. The molecule has 4 heteroatoms. The highest BCUT2D eigenvalue weighted by molar-refractivity contribution is 7.09. The molecule has 1 saturated carbocycles. The summed E-state index contributed by atoms with van der Waals surface area (Å²) in [5.74, 6) is 2.26. The Bertz CT molecular complexity index is 541. The van der Waals surface area contributed by atoms with Crippen LogP contribution >= 0.6 is 11.5 Å². The van der Waals surface area contributed by atoms with E-state index in [0.717, 1.165) is 17.5 Å². The van der Waals surface area contributed by atoms with Gasteiger partial charge in [0.1, 0.15) is 5.82 Å². The van der Waals surface area contributed by atoms with E-state index in [2.05, 4.69) is 52.8 Å². The average Bonchev–Trinajstić information content (AvgIpc) is 3.16. The Balaban J connectivity index is 1.58. The zero-order valence-electron chi connectivity index (χ0n) is 11.4. The van der Waals surface area contributed by atoms with E-state index in [1.165, 1.54) is 35.5 Å². The van der Waals surface area contributed by atoms with Gasteiger partial charge in [0.05, 0.1) is 0 Å². The van der Waals surface area contributed by atoms with Crippen LogP contribution in [0.2, 0.25) is 0 Å². The van der Waals surface area contributed by atoms with Crippen molar-refractivity contribution in [1.29, 1.82) is 0 Å². The van der Waals surface area contributed by atoms with Gasteiger partial charge in [-0.25, -0.2) is 4.98 Å². The van der Waals surface area contributed by atoms with E-state index in [1.54, 1.807) is 0 Å². The van der Waals surface area contributed by atoms with E-state index in [1.807, 2.05) is 0 Å². The van der Waals surface area contributed by atoms with Crippen LogP contribution in [0.1, 0.15) is 55.5 Å². The van der Waals surface area contributed by atoms with Crippen LogP contribution in [0.3, 0.4) is 0 Å². The third-order valence-electron chi connectivity index (χ3n) is 3.47. The zero-order valence-corrected chi connectivity index (χ0v) is 12.2. The first kappa shape index (κ1) is 12.6.